The van der Waals surface area contributed by atoms with Crippen LogP contribution in [0, 0.1) is 32.9 Å². The van der Waals surface area contributed by atoms with Crippen LogP contribution in [0.4, 0.5) is 0 Å². The Bertz CT molecular complexity index is 2320. The summed E-state index contributed by atoms with van der Waals surface area (Å²) in [6.07, 6.45) is 5.01. The summed E-state index contributed by atoms with van der Waals surface area (Å²) < 4.78 is 11.0. The number of aromatic nitrogens is 4. The Morgan fingerprint density at radius 1 is 0.745 bits per heavy atom. The van der Waals surface area contributed by atoms with Crippen molar-refractivity contribution in [1.82, 2.24) is 19.3 Å². The van der Waals surface area contributed by atoms with Gasteiger partial charge in [0.1, 0.15) is 5.82 Å². The molecule has 3 heterocycles. The minimum absolute atomic E-state index is 0. The van der Waals surface area contributed by atoms with Crippen molar-refractivity contribution >= 4 is 21.8 Å². The number of aryl methyl sites for hydroxylation is 3. The van der Waals surface area contributed by atoms with Crippen LogP contribution in [0.25, 0.3) is 44.4 Å². The first kappa shape index (κ1) is 36.3. The quantitative estimate of drug-likeness (QED) is 0.129. The molecule has 0 unspecified atom stereocenters. The molecule has 0 saturated carbocycles. The first-order valence-corrected chi connectivity index (χ1v) is 18.0. The van der Waals surface area contributed by atoms with Gasteiger partial charge in [0.2, 0.25) is 0 Å². The second-order valence-corrected chi connectivity index (χ2v) is 14.1. The normalized spacial score (nSPS) is 11.6. The molecule has 7 rings (SSSR count). The van der Waals surface area contributed by atoms with Crippen molar-refractivity contribution < 1.29 is 25.8 Å². The zero-order valence-electron chi connectivity index (χ0n) is 30.9. The van der Waals surface area contributed by atoms with Gasteiger partial charge >= 0.3 is 21.1 Å². The summed E-state index contributed by atoms with van der Waals surface area (Å²) in [7, 11) is 0. The fraction of sp³-hybridized carbons (Fsp3) is 0.289. The van der Waals surface area contributed by atoms with Gasteiger partial charge in [-0.2, -0.15) is 11.2 Å². The minimum atomic E-state index is 0. The van der Waals surface area contributed by atoms with Crippen LogP contribution in [-0.4, -0.2) is 19.3 Å². The zero-order valence-corrected chi connectivity index (χ0v) is 33.1. The molecule has 0 bridgehead atoms. The van der Waals surface area contributed by atoms with Gasteiger partial charge in [-0.15, -0.1) is 41.3 Å². The van der Waals surface area contributed by atoms with E-state index < -0.39 is 0 Å². The van der Waals surface area contributed by atoms with Crippen molar-refractivity contribution in [2.75, 3.05) is 0 Å². The average molecular weight is 854 g/mol. The molecule has 0 radical (unpaired) electrons. The summed E-state index contributed by atoms with van der Waals surface area (Å²) in [6.45, 7) is 17.6. The average Bonchev–Trinajstić information content (AvgIpc) is 3.61. The molecule has 0 aliphatic rings. The van der Waals surface area contributed by atoms with E-state index in [1.54, 1.807) is 0 Å². The number of hydrogen-bond acceptors (Lipinski definition) is 3. The van der Waals surface area contributed by atoms with Gasteiger partial charge in [-0.25, -0.2) is 4.98 Å². The number of hydrogen-bond donors (Lipinski definition) is 0. The van der Waals surface area contributed by atoms with Crippen LogP contribution in [0.15, 0.2) is 85.1 Å². The van der Waals surface area contributed by atoms with E-state index in [-0.39, 0.29) is 27.0 Å². The predicted octanol–water partition coefficient (Wildman–Crippen LogP) is 11.9. The molecule has 0 atom stereocenters. The van der Waals surface area contributed by atoms with Gasteiger partial charge in [0.15, 0.2) is 0 Å². The summed E-state index contributed by atoms with van der Waals surface area (Å²) in [5.74, 6) is 2.83. The monoisotopic (exact) mass is 853 g/mol. The van der Waals surface area contributed by atoms with Crippen LogP contribution in [0.3, 0.4) is 0 Å². The second-order valence-electron chi connectivity index (χ2n) is 14.1. The molecule has 4 aromatic carbocycles. The smallest absolute Gasteiger partial charge is 0.509 e. The first-order valence-electron chi connectivity index (χ1n) is 18.0. The van der Waals surface area contributed by atoms with E-state index in [2.05, 4.69) is 150 Å². The number of para-hydroxylation sites is 1. The largest absolute Gasteiger partial charge is 2.00 e. The summed E-state index contributed by atoms with van der Waals surface area (Å²) in [6, 6.07) is 35.0. The Morgan fingerprint density at radius 3 is 2.22 bits per heavy atom. The number of pyridine rings is 1. The van der Waals surface area contributed by atoms with Crippen LogP contribution >= 0.6 is 0 Å². The van der Waals surface area contributed by atoms with Crippen molar-refractivity contribution in [2.45, 2.75) is 86.5 Å². The second kappa shape index (κ2) is 15.0. The number of fused-ring (bicyclic) bond motifs is 3. The Labute approximate surface area is 317 Å². The summed E-state index contributed by atoms with van der Waals surface area (Å²) >= 11 is 0. The van der Waals surface area contributed by atoms with E-state index in [1.165, 1.54) is 39.1 Å². The van der Waals surface area contributed by atoms with Gasteiger partial charge in [0, 0.05) is 34.5 Å². The molecule has 0 amide bonds. The van der Waals surface area contributed by atoms with Gasteiger partial charge < -0.3 is 9.30 Å². The van der Waals surface area contributed by atoms with Gasteiger partial charge in [0.25, 0.3) is 0 Å². The van der Waals surface area contributed by atoms with Gasteiger partial charge in [-0.1, -0.05) is 83.0 Å². The van der Waals surface area contributed by atoms with Crippen molar-refractivity contribution in [1.29, 1.82) is 0 Å². The third kappa shape index (κ3) is 6.94. The maximum absolute atomic E-state index is 6.68. The van der Waals surface area contributed by atoms with Crippen LogP contribution < -0.4 is 4.74 Å². The van der Waals surface area contributed by atoms with E-state index in [4.69, 9.17) is 14.8 Å². The molecule has 0 saturated heterocycles. The minimum Gasteiger partial charge on any atom is -0.509 e. The molecule has 7 aromatic rings. The summed E-state index contributed by atoms with van der Waals surface area (Å²) in [5.41, 5.74) is 12.6. The first-order chi connectivity index (χ1) is 24.1. The molecule has 51 heavy (non-hydrogen) atoms. The maximum atomic E-state index is 6.68. The fourth-order valence-corrected chi connectivity index (χ4v) is 7.14. The molecule has 262 valence electrons. The van der Waals surface area contributed by atoms with E-state index in [1.807, 2.05) is 12.3 Å². The molecule has 3 aromatic heterocycles. The Hall–Kier alpha value is -4.47. The number of unbranched alkanes of at least 4 members (excludes halogenated alkanes) is 1. The Balaban J connectivity index is 0.00000448. The number of nitrogens with zero attached hydrogens (tertiary/aromatic N) is 4. The molecular weight excluding hydrogens is 808 g/mol. The maximum Gasteiger partial charge on any atom is 2.00 e. The van der Waals surface area contributed by atoms with E-state index in [0.717, 1.165) is 58.3 Å². The molecule has 0 aliphatic heterocycles. The van der Waals surface area contributed by atoms with Crippen LogP contribution in [0.5, 0.6) is 11.5 Å². The van der Waals surface area contributed by atoms with Gasteiger partial charge in [-0.05, 0) is 97.0 Å². The van der Waals surface area contributed by atoms with Crippen molar-refractivity contribution in [3.05, 3.63) is 131 Å². The van der Waals surface area contributed by atoms with E-state index in [9.17, 15) is 0 Å². The number of rotatable bonds is 10. The Morgan fingerprint density at radius 2 is 1.49 bits per heavy atom. The van der Waals surface area contributed by atoms with Gasteiger partial charge in [-0.3, -0.25) is 4.68 Å². The van der Waals surface area contributed by atoms with Crippen LogP contribution in [0.2, 0.25) is 0 Å². The fourth-order valence-electron chi connectivity index (χ4n) is 7.14. The molecule has 0 fully saturated rings. The van der Waals surface area contributed by atoms with Crippen molar-refractivity contribution in [2.24, 2.45) is 0 Å². The number of benzene rings is 4. The van der Waals surface area contributed by atoms with Crippen molar-refractivity contribution in [3.8, 4) is 34.1 Å². The van der Waals surface area contributed by atoms with Gasteiger partial charge in [0.05, 0.1) is 5.69 Å². The van der Waals surface area contributed by atoms with E-state index in [0.29, 0.717) is 17.4 Å². The van der Waals surface area contributed by atoms with Crippen LogP contribution in [0.1, 0.15) is 92.9 Å². The topological polar surface area (TPSA) is 44.9 Å². The molecular formula is C45H46N4OPt. The van der Waals surface area contributed by atoms with E-state index >= 15 is 0 Å². The molecule has 5 nitrogen and oxygen atoms in total. The molecule has 0 N–H and O–H groups in total. The third-order valence-corrected chi connectivity index (χ3v) is 9.84. The summed E-state index contributed by atoms with van der Waals surface area (Å²) in [5, 5.41) is 7.45. The molecule has 0 spiro atoms. The molecule has 0 aliphatic carbocycles. The molecule has 6 heteroatoms. The third-order valence-electron chi connectivity index (χ3n) is 9.84. The SMILES string of the molecule is CCCCc1c(-c2c(C)cccc2C)c(C)nn1-c1[c-]c(Oc2[c-]c3c(cc2)c2ccccc2n3-c2cc(C(C)C)ccn2)cc(C(C)C)c1.[Pt+2]. The summed E-state index contributed by atoms with van der Waals surface area (Å²) in [4.78, 5) is 4.81. The van der Waals surface area contributed by atoms with Crippen LogP contribution in [-0.2, 0) is 27.5 Å². The standard InChI is InChI=1S/C45H46N4O.Pt/c1-9-10-17-41-45(44-30(6)14-13-15-31(44)7)32(8)47-49(41)35-23-34(29(4)5)24-37(26-35)50-36-19-20-39-38-16-11-12-18-40(38)48(42(39)27-36)43-25-33(28(2)3)21-22-46-43;/h11-16,18-25,28-29H,9-10,17H2,1-8H3;/q-2;+2. The zero-order chi connectivity index (χ0) is 35.1. The predicted molar refractivity (Wildman–Crippen MR) is 206 cm³/mol. The Kier molecular flexibility index (Phi) is 10.7. The number of ether oxygens (including phenoxy) is 1. The van der Waals surface area contributed by atoms with Crippen molar-refractivity contribution in [3.63, 3.8) is 0 Å².